The molecule has 0 aromatic heterocycles. The van der Waals surface area contributed by atoms with E-state index in [-0.39, 0.29) is 16.4 Å². The molecule has 1 aliphatic heterocycles. The first-order valence-electron chi connectivity index (χ1n) is 10.0. The van der Waals surface area contributed by atoms with Crippen LogP contribution in [0.3, 0.4) is 0 Å². The quantitative estimate of drug-likeness (QED) is 0.648. The molecule has 0 radical (unpaired) electrons. The molecular formula is C22H28N2O5S. The summed E-state index contributed by atoms with van der Waals surface area (Å²) in [6.07, 6.45) is 1.46. The SMILES string of the molecule is COc1ccc(S(=O)(=O)NCCCc2ccc(C)cc2)cc1C(=O)N1CCOCC1. The predicted octanol–water partition coefficient (Wildman–Crippen LogP) is 2.39. The molecule has 1 aliphatic rings. The molecule has 162 valence electrons. The number of hydrogen-bond donors (Lipinski definition) is 1. The zero-order valence-corrected chi connectivity index (χ0v) is 18.2. The highest BCUT2D eigenvalue weighted by molar-refractivity contribution is 7.89. The second-order valence-corrected chi connectivity index (χ2v) is 9.02. The molecule has 1 heterocycles. The Bertz CT molecular complexity index is 968. The third kappa shape index (κ3) is 5.59. The Balaban J connectivity index is 1.67. The van der Waals surface area contributed by atoms with Crippen LogP contribution in [0.15, 0.2) is 47.4 Å². The van der Waals surface area contributed by atoms with Gasteiger partial charge in [-0.3, -0.25) is 4.79 Å². The topological polar surface area (TPSA) is 84.9 Å². The monoisotopic (exact) mass is 432 g/mol. The van der Waals surface area contributed by atoms with Crippen molar-refractivity contribution in [3.8, 4) is 5.75 Å². The number of hydrogen-bond acceptors (Lipinski definition) is 5. The van der Waals surface area contributed by atoms with Crippen LogP contribution in [0, 0.1) is 6.92 Å². The molecule has 1 saturated heterocycles. The number of nitrogens with zero attached hydrogens (tertiary/aromatic N) is 1. The van der Waals surface area contributed by atoms with Gasteiger partial charge in [-0.25, -0.2) is 13.1 Å². The highest BCUT2D eigenvalue weighted by atomic mass is 32.2. The van der Waals surface area contributed by atoms with Crippen molar-refractivity contribution < 1.29 is 22.7 Å². The molecule has 30 heavy (non-hydrogen) atoms. The maximum Gasteiger partial charge on any atom is 0.257 e. The maximum atomic E-state index is 12.9. The lowest BCUT2D eigenvalue weighted by molar-refractivity contribution is 0.0300. The van der Waals surface area contributed by atoms with Crippen LogP contribution in [0.5, 0.6) is 5.75 Å². The van der Waals surface area contributed by atoms with Crippen molar-refractivity contribution in [3.05, 3.63) is 59.2 Å². The largest absolute Gasteiger partial charge is 0.496 e. The van der Waals surface area contributed by atoms with E-state index in [1.165, 1.54) is 36.4 Å². The molecule has 0 bridgehead atoms. The first-order valence-corrected chi connectivity index (χ1v) is 11.5. The van der Waals surface area contributed by atoms with Gasteiger partial charge in [0, 0.05) is 19.6 Å². The molecule has 8 heteroatoms. The first-order chi connectivity index (χ1) is 14.4. The highest BCUT2D eigenvalue weighted by Gasteiger charge is 2.24. The number of morpholine rings is 1. The molecule has 0 spiro atoms. The van der Waals surface area contributed by atoms with Crippen LogP contribution in [-0.2, 0) is 21.2 Å². The zero-order chi connectivity index (χ0) is 21.6. The highest BCUT2D eigenvalue weighted by Crippen LogP contribution is 2.24. The van der Waals surface area contributed by atoms with Gasteiger partial charge in [0.15, 0.2) is 0 Å². The van der Waals surface area contributed by atoms with Crippen LogP contribution < -0.4 is 9.46 Å². The summed E-state index contributed by atoms with van der Waals surface area (Å²) in [5, 5.41) is 0. The molecule has 2 aromatic rings. The summed E-state index contributed by atoms with van der Waals surface area (Å²) >= 11 is 0. The summed E-state index contributed by atoms with van der Waals surface area (Å²) in [7, 11) is -2.27. The van der Waals surface area contributed by atoms with Crippen LogP contribution >= 0.6 is 0 Å². The van der Waals surface area contributed by atoms with Crippen molar-refractivity contribution in [2.24, 2.45) is 0 Å². The summed E-state index contributed by atoms with van der Waals surface area (Å²) in [5.41, 5.74) is 2.60. The molecule has 7 nitrogen and oxygen atoms in total. The van der Waals surface area contributed by atoms with E-state index in [0.29, 0.717) is 45.0 Å². The van der Waals surface area contributed by atoms with E-state index in [4.69, 9.17) is 9.47 Å². The smallest absolute Gasteiger partial charge is 0.257 e. The lowest BCUT2D eigenvalue weighted by atomic mass is 10.1. The number of rotatable bonds is 8. The van der Waals surface area contributed by atoms with E-state index < -0.39 is 10.0 Å². The lowest BCUT2D eigenvalue weighted by Gasteiger charge is -2.27. The third-order valence-electron chi connectivity index (χ3n) is 5.06. The van der Waals surface area contributed by atoms with Gasteiger partial charge in [-0.15, -0.1) is 0 Å². The Morgan fingerprint density at radius 3 is 2.50 bits per heavy atom. The van der Waals surface area contributed by atoms with Gasteiger partial charge in [-0.1, -0.05) is 29.8 Å². The zero-order valence-electron chi connectivity index (χ0n) is 17.4. The Labute approximate surface area is 178 Å². The normalized spacial score (nSPS) is 14.5. The van der Waals surface area contributed by atoms with Crippen LogP contribution in [0.25, 0.3) is 0 Å². The molecule has 3 rings (SSSR count). The molecule has 1 fully saturated rings. The molecule has 1 amide bonds. The Morgan fingerprint density at radius 1 is 1.13 bits per heavy atom. The van der Waals surface area contributed by atoms with Gasteiger partial charge in [0.1, 0.15) is 5.75 Å². The van der Waals surface area contributed by atoms with Crippen LogP contribution in [0.1, 0.15) is 27.9 Å². The number of nitrogens with one attached hydrogen (secondary N) is 1. The van der Waals surface area contributed by atoms with Crippen molar-refractivity contribution in [2.75, 3.05) is 40.0 Å². The number of sulfonamides is 1. The molecule has 0 aliphatic carbocycles. The number of ether oxygens (including phenoxy) is 2. The van der Waals surface area contributed by atoms with E-state index in [0.717, 1.165) is 6.42 Å². The Kier molecular flexibility index (Phi) is 7.47. The summed E-state index contributed by atoms with van der Waals surface area (Å²) in [4.78, 5) is 14.6. The van der Waals surface area contributed by atoms with E-state index in [1.807, 2.05) is 19.1 Å². The minimum atomic E-state index is -3.73. The van der Waals surface area contributed by atoms with Gasteiger partial charge in [0.25, 0.3) is 5.91 Å². The molecule has 0 saturated carbocycles. The fourth-order valence-corrected chi connectivity index (χ4v) is 4.40. The van der Waals surface area contributed by atoms with Crippen molar-refractivity contribution in [1.29, 1.82) is 0 Å². The summed E-state index contributed by atoms with van der Waals surface area (Å²) in [6, 6.07) is 12.6. The van der Waals surface area contributed by atoms with Crippen molar-refractivity contribution in [2.45, 2.75) is 24.7 Å². The minimum Gasteiger partial charge on any atom is -0.496 e. The third-order valence-corrected chi connectivity index (χ3v) is 6.52. The number of amides is 1. The van der Waals surface area contributed by atoms with E-state index in [9.17, 15) is 13.2 Å². The Morgan fingerprint density at radius 2 is 1.83 bits per heavy atom. The number of aryl methyl sites for hydroxylation is 2. The molecular weight excluding hydrogens is 404 g/mol. The lowest BCUT2D eigenvalue weighted by Crippen LogP contribution is -2.40. The average Bonchev–Trinajstić information content (AvgIpc) is 2.77. The predicted molar refractivity (Wildman–Crippen MR) is 114 cm³/mol. The molecule has 2 aromatic carbocycles. The van der Waals surface area contributed by atoms with Gasteiger partial charge < -0.3 is 14.4 Å². The number of carbonyl (C=O) groups excluding carboxylic acids is 1. The van der Waals surface area contributed by atoms with Crippen molar-refractivity contribution >= 4 is 15.9 Å². The maximum absolute atomic E-state index is 12.9. The van der Waals surface area contributed by atoms with E-state index in [2.05, 4.69) is 16.9 Å². The number of carbonyl (C=O) groups is 1. The van der Waals surface area contributed by atoms with Crippen LogP contribution in [0.4, 0.5) is 0 Å². The van der Waals surface area contributed by atoms with E-state index >= 15 is 0 Å². The van der Waals surface area contributed by atoms with Gasteiger partial charge >= 0.3 is 0 Å². The fraction of sp³-hybridized carbons (Fsp3) is 0.409. The fourth-order valence-electron chi connectivity index (χ4n) is 3.30. The molecule has 0 unspecified atom stereocenters. The second-order valence-electron chi connectivity index (χ2n) is 7.25. The van der Waals surface area contributed by atoms with Gasteiger partial charge in [-0.2, -0.15) is 0 Å². The Hall–Kier alpha value is -2.42. The van der Waals surface area contributed by atoms with Crippen LogP contribution in [-0.4, -0.2) is 59.2 Å². The number of benzene rings is 2. The summed E-state index contributed by atoms with van der Waals surface area (Å²) in [5.74, 6) is 0.0939. The summed E-state index contributed by atoms with van der Waals surface area (Å²) < 4.78 is 38.7. The first kappa shape index (κ1) is 22.3. The molecule has 1 N–H and O–H groups in total. The molecule has 0 atom stereocenters. The van der Waals surface area contributed by atoms with Crippen molar-refractivity contribution in [3.63, 3.8) is 0 Å². The summed E-state index contributed by atoms with van der Waals surface area (Å²) in [6.45, 7) is 4.22. The average molecular weight is 433 g/mol. The van der Waals surface area contributed by atoms with Gasteiger partial charge in [0.2, 0.25) is 10.0 Å². The number of methoxy groups -OCH3 is 1. The van der Waals surface area contributed by atoms with Crippen LogP contribution in [0.2, 0.25) is 0 Å². The minimum absolute atomic E-state index is 0.0512. The standard InChI is InChI=1S/C22H28N2O5S/c1-17-5-7-18(8-6-17)4-3-11-23-30(26,27)19-9-10-21(28-2)20(16-19)22(25)24-12-14-29-15-13-24/h5-10,16,23H,3-4,11-15H2,1-2H3. The van der Waals surface area contributed by atoms with Gasteiger partial charge in [0.05, 0.1) is 30.8 Å². The van der Waals surface area contributed by atoms with Crippen molar-refractivity contribution in [1.82, 2.24) is 9.62 Å². The van der Waals surface area contributed by atoms with E-state index in [1.54, 1.807) is 4.90 Å². The van der Waals surface area contributed by atoms with Gasteiger partial charge in [-0.05, 0) is 43.5 Å². The second kappa shape index (κ2) is 10.1.